The predicted octanol–water partition coefficient (Wildman–Crippen LogP) is 0.0658. The third-order valence-corrected chi connectivity index (χ3v) is 4.33. The van der Waals surface area contributed by atoms with Gasteiger partial charge < -0.3 is 20.4 Å². The summed E-state index contributed by atoms with van der Waals surface area (Å²) in [6, 6.07) is -2.20. The fourth-order valence-electron chi connectivity index (χ4n) is 2.70. The van der Waals surface area contributed by atoms with Crippen LogP contribution in [-0.4, -0.2) is 63.3 Å². The molecule has 0 aromatic heterocycles. The van der Waals surface area contributed by atoms with E-state index in [0.29, 0.717) is 0 Å². The molecule has 0 radical (unpaired) electrons. The van der Waals surface area contributed by atoms with Crippen molar-refractivity contribution in [3.05, 3.63) is 0 Å². The number of aliphatic carboxylic acids is 1. The van der Waals surface area contributed by atoms with Gasteiger partial charge in [0.2, 0.25) is 5.91 Å². The highest BCUT2D eigenvalue weighted by Crippen LogP contribution is 2.40. The van der Waals surface area contributed by atoms with Gasteiger partial charge >= 0.3 is 5.97 Å². The van der Waals surface area contributed by atoms with Crippen LogP contribution in [0.15, 0.2) is 0 Å². The molecule has 23 heavy (non-hydrogen) atoms. The van der Waals surface area contributed by atoms with Gasteiger partial charge in [0.1, 0.15) is 12.1 Å². The molecule has 3 N–H and O–H groups in total. The molecule has 0 unspecified atom stereocenters. The van der Waals surface area contributed by atoms with Crippen molar-refractivity contribution in [1.82, 2.24) is 10.2 Å². The lowest BCUT2D eigenvalue weighted by Crippen LogP contribution is -2.58. The van der Waals surface area contributed by atoms with Crippen molar-refractivity contribution in [2.45, 2.75) is 63.9 Å². The fraction of sp³-hybridized carbons (Fsp3) is 0.800. The minimum Gasteiger partial charge on any atom is -0.480 e. The summed E-state index contributed by atoms with van der Waals surface area (Å²) in [7, 11) is 0. The summed E-state index contributed by atoms with van der Waals surface area (Å²) in [6.07, 6.45) is -0.722. The van der Waals surface area contributed by atoms with Crippen molar-refractivity contribution in [3.63, 3.8) is 0 Å². The second-order valence-corrected chi connectivity index (χ2v) is 7.47. The number of carboxylic acid groups (broad SMARTS) is 1. The summed E-state index contributed by atoms with van der Waals surface area (Å²) in [4.78, 5) is 37.0. The molecular weight excluding hydrogens is 307 g/mol. The molecule has 3 atom stereocenters. The number of carbonyl (C=O) groups is 3. The maximum atomic E-state index is 13.9. The van der Waals surface area contributed by atoms with E-state index in [9.17, 15) is 29.0 Å². The number of β-amino-alcohol motifs (C(OH)–C–C–N with tert-alkyl or cyclic N) is 1. The van der Waals surface area contributed by atoms with E-state index in [1.807, 2.05) is 0 Å². The Balaban J connectivity index is 2.19. The Hall–Kier alpha value is -1.70. The Labute approximate surface area is 133 Å². The first-order valence-electron chi connectivity index (χ1n) is 7.67. The van der Waals surface area contributed by atoms with Gasteiger partial charge in [0.25, 0.3) is 5.91 Å². The number of amides is 2. The van der Waals surface area contributed by atoms with Crippen LogP contribution >= 0.6 is 0 Å². The van der Waals surface area contributed by atoms with E-state index in [1.165, 1.54) is 0 Å². The van der Waals surface area contributed by atoms with Crippen LogP contribution in [0.4, 0.5) is 4.39 Å². The van der Waals surface area contributed by atoms with E-state index in [-0.39, 0.29) is 25.8 Å². The average molecular weight is 330 g/mol. The number of carboxylic acids is 1. The molecule has 2 rings (SSSR count). The summed E-state index contributed by atoms with van der Waals surface area (Å²) >= 11 is 0. The molecule has 0 bridgehead atoms. The third kappa shape index (κ3) is 3.63. The Morgan fingerprint density at radius 2 is 1.87 bits per heavy atom. The fourth-order valence-corrected chi connectivity index (χ4v) is 2.70. The van der Waals surface area contributed by atoms with Crippen LogP contribution in [0.1, 0.15) is 40.0 Å². The molecule has 1 saturated heterocycles. The number of aliphatic hydroxyl groups is 1. The number of alkyl halides is 1. The van der Waals surface area contributed by atoms with Crippen LogP contribution in [0, 0.1) is 5.41 Å². The summed E-state index contributed by atoms with van der Waals surface area (Å²) in [5.74, 6) is -2.66. The van der Waals surface area contributed by atoms with Crippen LogP contribution in [0.2, 0.25) is 0 Å². The highest BCUT2D eigenvalue weighted by molar-refractivity contribution is 5.95. The zero-order chi connectivity index (χ0) is 17.6. The normalized spacial score (nSPS) is 27.4. The topological polar surface area (TPSA) is 107 Å². The molecule has 0 aromatic rings. The van der Waals surface area contributed by atoms with Crippen LogP contribution in [0.5, 0.6) is 0 Å². The number of aliphatic hydroxyl groups excluding tert-OH is 1. The first kappa shape index (κ1) is 17.7. The van der Waals surface area contributed by atoms with E-state index >= 15 is 0 Å². The molecule has 0 spiro atoms. The quantitative estimate of drug-likeness (QED) is 0.676. The van der Waals surface area contributed by atoms with Crippen LogP contribution < -0.4 is 5.32 Å². The van der Waals surface area contributed by atoms with Crippen LogP contribution in [-0.2, 0) is 14.4 Å². The first-order valence-corrected chi connectivity index (χ1v) is 7.67. The Morgan fingerprint density at radius 1 is 1.30 bits per heavy atom. The van der Waals surface area contributed by atoms with Gasteiger partial charge in [-0.3, -0.25) is 9.59 Å². The van der Waals surface area contributed by atoms with Gasteiger partial charge in [-0.2, -0.15) is 0 Å². The van der Waals surface area contributed by atoms with Gasteiger partial charge in [0.15, 0.2) is 5.67 Å². The number of hydrogen-bond donors (Lipinski definition) is 3. The van der Waals surface area contributed by atoms with E-state index in [1.54, 1.807) is 20.8 Å². The minimum atomic E-state index is -1.92. The van der Waals surface area contributed by atoms with E-state index < -0.39 is 47.1 Å². The molecule has 1 aliphatic heterocycles. The third-order valence-electron chi connectivity index (χ3n) is 4.33. The summed E-state index contributed by atoms with van der Waals surface area (Å²) in [5, 5.41) is 21.3. The summed E-state index contributed by atoms with van der Waals surface area (Å²) in [5.41, 5.74) is -2.64. The maximum absolute atomic E-state index is 13.9. The highest BCUT2D eigenvalue weighted by Gasteiger charge is 2.53. The smallest absolute Gasteiger partial charge is 0.326 e. The zero-order valence-electron chi connectivity index (χ0n) is 13.5. The van der Waals surface area contributed by atoms with Crippen LogP contribution in [0.25, 0.3) is 0 Å². The van der Waals surface area contributed by atoms with Gasteiger partial charge in [0.05, 0.1) is 6.10 Å². The number of nitrogens with zero attached hydrogens (tertiary/aromatic N) is 1. The summed E-state index contributed by atoms with van der Waals surface area (Å²) in [6.45, 7) is 5.00. The van der Waals surface area contributed by atoms with Crippen molar-refractivity contribution < 1.29 is 29.0 Å². The van der Waals surface area contributed by atoms with Crippen molar-refractivity contribution in [2.75, 3.05) is 6.54 Å². The molecule has 2 fully saturated rings. The predicted molar refractivity (Wildman–Crippen MR) is 78.2 cm³/mol. The highest BCUT2D eigenvalue weighted by atomic mass is 19.1. The van der Waals surface area contributed by atoms with E-state index in [0.717, 1.165) is 4.90 Å². The largest absolute Gasteiger partial charge is 0.480 e. The second-order valence-electron chi connectivity index (χ2n) is 7.47. The second kappa shape index (κ2) is 5.74. The SMILES string of the molecule is CC(C)(C)[C@@H](NC(=O)C1(F)CC1)C(=O)N1C[C@H](O)C[C@H]1C(=O)O. The molecule has 2 aliphatic rings. The lowest BCUT2D eigenvalue weighted by atomic mass is 9.85. The number of hydrogen-bond acceptors (Lipinski definition) is 4. The van der Waals surface area contributed by atoms with Gasteiger partial charge in [-0.05, 0) is 18.3 Å². The van der Waals surface area contributed by atoms with Crippen molar-refractivity contribution >= 4 is 17.8 Å². The lowest BCUT2D eigenvalue weighted by molar-refractivity contribution is -0.151. The van der Waals surface area contributed by atoms with Gasteiger partial charge in [0, 0.05) is 13.0 Å². The lowest BCUT2D eigenvalue weighted by Gasteiger charge is -2.35. The van der Waals surface area contributed by atoms with Crippen LogP contribution in [0.3, 0.4) is 0 Å². The monoisotopic (exact) mass is 330 g/mol. The Bertz CT molecular complexity index is 526. The maximum Gasteiger partial charge on any atom is 0.326 e. The number of nitrogens with one attached hydrogen (secondary N) is 1. The molecule has 1 aliphatic carbocycles. The van der Waals surface area contributed by atoms with Crippen molar-refractivity contribution in [2.24, 2.45) is 5.41 Å². The van der Waals surface area contributed by atoms with Gasteiger partial charge in [-0.25, -0.2) is 9.18 Å². The molecule has 7 nitrogen and oxygen atoms in total. The van der Waals surface area contributed by atoms with Gasteiger partial charge in [-0.15, -0.1) is 0 Å². The molecule has 1 heterocycles. The number of halogens is 1. The molecular formula is C15H23FN2O5. The summed E-state index contributed by atoms with van der Waals surface area (Å²) < 4.78 is 13.9. The molecule has 130 valence electrons. The number of likely N-dealkylation sites (tertiary alicyclic amines) is 1. The standard InChI is InChI=1S/C15H23FN2O5/c1-14(2,3)10(17-13(23)15(16)4-5-15)11(20)18-7-8(19)6-9(18)12(21)22/h8-10,19H,4-7H2,1-3H3,(H,17,23)(H,21,22)/t8-,9+,10+/m1/s1. The zero-order valence-corrected chi connectivity index (χ0v) is 13.5. The molecule has 8 heteroatoms. The minimum absolute atomic E-state index is 0.0566. The first-order chi connectivity index (χ1) is 10.5. The molecule has 1 saturated carbocycles. The van der Waals surface area contributed by atoms with Crippen molar-refractivity contribution in [1.29, 1.82) is 0 Å². The van der Waals surface area contributed by atoms with E-state index in [4.69, 9.17) is 0 Å². The van der Waals surface area contributed by atoms with Gasteiger partial charge in [-0.1, -0.05) is 20.8 Å². The van der Waals surface area contributed by atoms with Crippen molar-refractivity contribution in [3.8, 4) is 0 Å². The Kier molecular flexibility index (Phi) is 4.40. The Morgan fingerprint density at radius 3 is 2.30 bits per heavy atom. The molecule has 2 amide bonds. The molecule has 0 aromatic carbocycles. The number of rotatable bonds is 4. The average Bonchev–Trinajstić information content (AvgIpc) is 3.04. The number of carbonyl (C=O) groups excluding carboxylic acids is 2. The van der Waals surface area contributed by atoms with E-state index in [2.05, 4.69) is 5.32 Å².